The van der Waals surface area contributed by atoms with Crippen LogP contribution in [0.3, 0.4) is 0 Å². The van der Waals surface area contributed by atoms with E-state index in [1.807, 2.05) is 19.9 Å². The lowest BCUT2D eigenvalue weighted by atomic mass is 9.88. The zero-order chi connectivity index (χ0) is 14.2. The fourth-order valence-corrected chi connectivity index (χ4v) is 3.04. The topological polar surface area (TPSA) is 31.2 Å². The largest absolute Gasteiger partial charge is 0.378 e. The van der Waals surface area contributed by atoms with E-state index in [0.717, 1.165) is 36.4 Å². The van der Waals surface area contributed by atoms with Crippen molar-refractivity contribution in [3.63, 3.8) is 0 Å². The van der Waals surface area contributed by atoms with Crippen molar-refractivity contribution in [2.75, 3.05) is 6.61 Å². The van der Waals surface area contributed by atoms with Crippen molar-refractivity contribution in [3.8, 4) is 0 Å². The summed E-state index contributed by atoms with van der Waals surface area (Å²) in [6, 6.07) is 2.42. The van der Waals surface area contributed by atoms with Crippen molar-refractivity contribution in [2.24, 2.45) is 0 Å². The number of rotatable bonds is 5. The summed E-state index contributed by atoms with van der Waals surface area (Å²) in [5, 5.41) is -0.466. The number of ketones is 1. The Morgan fingerprint density at radius 1 is 1.53 bits per heavy atom. The molecule has 1 aliphatic rings. The predicted molar refractivity (Wildman–Crippen MR) is 77.2 cm³/mol. The van der Waals surface area contributed by atoms with E-state index < -0.39 is 5.38 Å². The van der Waals surface area contributed by atoms with Crippen LogP contribution < -0.4 is 0 Å². The SMILES string of the molecule is CCOC1CC(n2c(C)cc(C(=O)C(C)Cl)c2C)C1. The van der Waals surface area contributed by atoms with Gasteiger partial charge >= 0.3 is 0 Å². The number of alkyl halides is 1. The van der Waals surface area contributed by atoms with E-state index in [2.05, 4.69) is 11.5 Å². The van der Waals surface area contributed by atoms with Crippen LogP contribution >= 0.6 is 11.6 Å². The molecule has 0 saturated heterocycles. The molecule has 0 aliphatic heterocycles. The molecule has 1 saturated carbocycles. The molecule has 1 fully saturated rings. The van der Waals surface area contributed by atoms with E-state index in [1.54, 1.807) is 6.92 Å². The summed E-state index contributed by atoms with van der Waals surface area (Å²) >= 11 is 5.91. The number of aromatic nitrogens is 1. The van der Waals surface area contributed by atoms with Crippen molar-refractivity contribution in [1.29, 1.82) is 0 Å². The molecule has 1 aromatic rings. The standard InChI is InChI=1S/C15H22ClNO2/c1-5-19-13-7-12(8-13)17-9(2)6-14(11(17)4)15(18)10(3)16/h6,10,12-13H,5,7-8H2,1-4H3. The van der Waals surface area contributed by atoms with Crippen LogP contribution in [0.15, 0.2) is 6.07 Å². The average Bonchev–Trinajstić information content (AvgIpc) is 2.58. The van der Waals surface area contributed by atoms with Crippen molar-refractivity contribution >= 4 is 17.4 Å². The number of ether oxygens (including phenoxy) is 1. The van der Waals surface area contributed by atoms with Crippen LogP contribution in [0.5, 0.6) is 0 Å². The van der Waals surface area contributed by atoms with E-state index in [-0.39, 0.29) is 5.78 Å². The first-order valence-corrected chi connectivity index (χ1v) is 7.37. The van der Waals surface area contributed by atoms with Crippen molar-refractivity contribution in [2.45, 2.75) is 58.1 Å². The molecule has 1 atom stereocenters. The van der Waals surface area contributed by atoms with Gasteiger partial charge < -0.3 is 9.30 Å². The smallest absolute Gasteiger partial charge is 0.182 e. The van der Waals surface area contributed by atoms with Crippen LogP contribution in [-0.4, -0.2) is 28.4 Å². The first kappa shape index (κ1) is 14.6. The molecule has 1 aliphatic carbocycles. The van der Waals surface area contributed by atoms with E-state index in [0.29, 0.717) is 12.1 Å². The van der Waals surface area contributed by atoms with Gasteiger partial charge in [0.25, 0.3) is 0 Å². The molecule has 2 rings (SSSR count). The van der Waals surface area contributed by atoms with Gasteiger partial charge in [-0.25, -0.2) is 0 Å². The summed E-state index contributed by atoms with van der Waals surface area (Å²) in [6.45, 7) is 8.58. The summed E-state index contributed by atoms with van der Waals surface area (Å²) in [5.74, 6) is 0.0155. The van der Waals surface area contributed by atoms with Gasteiger partial charge in [0.1, 0.15) is 0 Å². The Morgan fingerprint density at radius 2 is 2.16 bits per heavy atom. The zero-order valence-corrected chi connectivity index (χ0v) is 12.8. The molecule has 0 radical (unpaired) electrons. The predicted octanol–water partition coefficient (Wildman–Crippen LogP) is 3.65. The number of carbonyl (C=O) groups excluding carboxylic acids is 1. The Hall–Kier alpha value is -0.800. The molecule has 1 heterocycles. The van der Waals surface area contributed by atoms with Gasteiger partial charge in [0.15, 0.2) is 5.78 Å². The number of carbonyl (C=O) groups is 1. The second kappa shape index (κ2) is 5.68. The van der Waals surface area contributed by atoms with Gasteiger partial charge in [-0.15, -0.1) is 11.6 Å². The third-order valence-corrected chi connectivity index (χ3v) is 4.15. The van der Waals surface area contributed by atoms with Gasteiger partial charge in [-0.3, -0.25) is 4.79 Å². The summed E-state index contributed by atoms with van der Waals surface area (Å²) in [6.07, 6.45) is 2.45. The van der Waals surface area contributed by atoms with Gasteiger partial charge in [-0.2, -0.15) is 0 Å². The quantitative estimate of drug-likeness (QED) is 0.610. The maximum atomic E-state index is 12.1. The number of aryl methyl sites for hydroxylation is 1. The second-order valence-electron chi connectivity index (χ2n) is 5.34. The van der Waals surface area contributed by atoms with Crippen LogP contribution in [0.4, 0.5) is 0 Å². The van der Waals surface area contributed by atoms with Gasteiger partial charge in [0, 0.05) is 29.6 Å². The molecule has 0 spiro atoms. The minimum atomic E-state index is -0.466. The Morgan fingerprint density at radius 3 is 2.68 bits per heavy atom. The van der Waals surface area contributed by atoms with Crippen molar-refractivity contribution in [1.82, 2.24) is 4.57 Å². The van der Waals surface area contributed by atoms with E-state index in [1.165, 1.54) is 0 Å². The maximum Gasteiger partial charge on any atom is 0.182 e. The van der Waals surface area contributed by atoms with Crippen molar-refractivity contribution in [3.05, 3.63) is 23.0 Å². The normalized spacial score (nSPS) is 24.1. The highest BCUT2D eigenvalue weighted by atomic mass is 35.5. The Bertz CT molecular complexity index is 473. The molecule has 4 heteroatoms. The van der Waals surface area contributed by atoms with E-state index in [9.17, 15) is 4.79 Å². The Labute approximate surface area is 119 Å². The van der Waals surface area contributed by atoms with Crippen molar-refractivity contribution < 1.29 is 9.53 Å². The first-order valence-electron chi connectivity index (χ1n) is 6.94. The van der Waals surface area contributed by atoms with Crippen LogP contribution in [0, 0.1) is 13.8 Å². The Balaban J connectivity index is 2.17. The lowest BCUT2D eigenvalue weighted by Gasteiger charge is -2.37. The van der Waals surface area contributed by atoms with Crippen LogP contribution in [0.25, 0.3) is 0 Å². The lowest BCUT2D eigenvalue weighted by molar-refractivity contribution is -0.0204. The summed E-state index contributed by atoms with van der Waals surface area (Å²) in [5.41, 5.74) is 2.94. The van der Waals surface area contributed by atoms with E-state index >= 15 is 0 Å². The summed E-state index contributed by atoms with van der Waals surface area (Å²) in [7, 11) is 0. The van der Waals surface area contributed by atoms with Gasteiger partial charge in [-0.05, 0) is 46.6 Å². The van der Waals surface area contributed by atoms with Crippen LogP contribution in [0.2, 0.25) is 0 Å². The van der Waals surface area contributed by atoms with Gasteiger partial charge in [0.05, 0.1) is 11.5 Å². The highest BCUT2D eigenvalue weighted by molar-refractivity contribution is 6.33. The second-order valence-corrected chi connectivity index (χ2v) is 5.99. The molecule has 0 N–H and O–H groups in total. The minimum Gasteiger partial charge on any atom is -0.378 e. The number of nitrogens with zero attached hydrogens (tertiary/aromatic N) is 1. The molecule has 1 unspecified atom stereocenters. The molecule has 3 nitrogen and oxygen atoms in total. The molecule has 19 heavy (non-hydrogen) atoms. The van der Waals surface area contributed by atoms with Gasteiger partial charge in [0.2, 0.25) is 0 Å². The van der Waals surface area contributed by atoms with Gasteiger partial charge in [-0.1, -0.05) is 0 Å². The maximum absolute atomic E-state index is 12.1. The summed E-state index contributed by atoms with van der Waals surface area (Å²) < 4.78 is 7.87. The number of hydrogen-bond donors (Lipinski definition) is 0. The number of hydrogen-bond acceptors (Lipinski definition) is 2. The summed E-state index contributed by atoms with van der Waals surface area (Å²) in [4.78, 5) is 12.1. The average molecular weight is 284 g/mol. The fraction of sp³-hybridized carbons (Fsp3) is 0.667. The molecule has 106 valence electrons. The zero-order valence-electron chi connectivity index (χ0n) is 12.1. The minimum absolute atomic E-state index is 0.0155. The monoisotopic (exact) mass is 283 g/mol. The molecule has 1 aromatic heterocycles. The molecular formula is C15H22ClNO2. The van der Waals surface area contributed by atoms with Crippen LogP contribution in [0.1, 0.15) is 54.5 Å². The molecule has 0 amide bonds. The number of Topliss-reactive ketones (excluding diaryl/α,β-unsaturated/α-hetero) is 1. The highest BCUT2D eigenvalue weighted by Crippen LogP contribution is 2.37. The molecule has 0 bridgehead atoms. The highest BCUT2D eigenvalue weighted by Gasteiger charge is 2.33. The lowest BCUT2D eigenvalue weighted by Crippen LogP contribution is -2.34. The Kier molecular flexibility index (Phi) is 4.36. The van der Waals surface area contributed by atoms with E-state index in [4.69, 9.17) is 16.3 Å². The van der Waals surface area contributed by atoms with Crippen LogP contribution in [-0.2, 0) is 4.74 Å². The third-order valence-electron chi connectivity index (χ3n) is 3.95. The third kappa shape index (κ3) is 2.72. The molecule has 0 aromatic carbocycles. The molecular weight excluding hydrogens is 262 g/mol. The number of halogens is 1. The first-order chi connectivity index (χ1) is 8.95. The fourth-order valence-electron chi connectivity index (χ4n) is 2.92.